The van der Waals surface area contributed by atoms with Crippen LogP contribution < -0.4 is 4.74 Å². The van der Waals surface area contributed by atoms with Crippen molar-refractivity contribution in [2.75, 3.05) is 7.11 Å². The van der Waals surface area contributed by atoms with Gasteiger partial charge in [0.1, 0.15) is 5.75 Å². The fraction of sp³-hybridized carbons (Fsp3) is 0.200. The molecule has 20 heavy (non-hydrogen) atoms. The molecule has 2 rings (SSSR count). The number of methoxy groups -OCH3 is 1. The van der Waals surface area contributed by atoms with Crippen molar-refractivity contribution in [2.24, 2.45) is 0 Å². The normalized spacial score (nSPS) is 11.3. The topological polar surface area (TPSA) is 43.4 Å². The van der Waals surface area contributed by atoms with Crippen LogP contribution in [0, 0.1) is 0 Å². The van der Waals surface area contributed by atoms with E-state index in [1.807, 2.05) is 12.1 Å². The maximum Gasteiger partial charge on any atom is 0.182 e. The van der Waals surface area contributed by atoms with Crippen molar-refractivity contribution >= 4 is 25.8 Å². The van der Waals surface area contributed by atoms with E-state index in [-0.39, 0.29) is 5.75 Å². The smallest absolute Gasteiger partial charge is 0.182 e. The Labute approximate surface area is 127 Å². The van der Waals surface area contributed by atoms with E-state index in [1.54, 1.807) is 43.5 Å². The first-order valence-electron chi connectivity index (χ1n) is 6.07. The van der Waals surface area contributed by atoms with Crippen LogP contribution in [-0.2, 0) is 20.9 Å². The van der Waals surface area contributed by atoms with E-state index in [0.717, 1.165) is 5.56 Å². The SMILES string of the molecule is COc1cccc(CBr)c1CS(=O)(=O)c1ccccc1. The van der Waals surface area contributed by atoms with Gasteiger partial charge in [0, 0.05) is 10.9 Å². The monoisotopic (exact) mass is 354 g/mol. The fourth-order valence-corrected chi connectivity index (χ4v) is 3.96. The van der Waals surface area contributed by atoms with Gasteiger partial charge in [0.15, 0.2) is 9.84 Å². The van der Waals surface area contributed by atoms with Crippen molar-refractivity contribution in [2.45, 2.75) is 16.0 Å². The highest BCUT2D eigenvalue weighted by Crippen LogP contribution is 2.28. The number of hydrogen-bond acceptors (Lipinski definition) is 3. The quantitative estimate of drug-likeness (QED) is 0.771. The zero-order chi connectivity index (χ0) is 14.6. The molecule has 0 heterocycles. The fourth-order valence-electron chi connectivity index (χ4n) is 1.99. The second-order valence-electron chi connectivity index (χ2n) is 4.30. The first-order chi connectivity index (χ1) is 9.58. The van der Waals surface area contributed by atoms with Crippen LogP contribution in [0.3, 0.4) is 0 Å². The summed E-state index contributed by atoms with van der Waals surface area (Å²) in [4.78, 5) is 0.325. The maximum atomic E-state index is 12.5. The molecule has 0 bridgehead atoms. The summed E-state index contributed by atoms with van der Waals surface area (Å²) < 4.78 is 30.2. The highest BCUT2D eigenvalue weighted by atomic mass is 79.9. The molecule has 0 aliphatic carbocycles. The van der Waals surface area contributed by atoms with Crippen molar-refractivity contribution in [3.63, 3.8) is 0 Å². The average Bonchev–Trinajstić information content (AvgIpc) is 2.48. The average molecular weight is 355 g/mol. The lowest BCUT2D eigenvalue weighted by Crippen LogP contribution is -2.08. The molecule has 0 spiro atoms. The Morgan fingerprint density at radius 3 is 2.35 bits per heavy atom. The molecule has 0 saturated carbocycles. The first-order valence-corrected chi connectivity index (χ1v) is 8.84. The van der Waals surface area contributed by atoms with Crippen molar-refractivity contribution in [3.8, 4) is 5.75 Å². The van der Waals surface area contributed by atoms with E-state index in [4.69, 9.17) is 4.74 Å². The molecular formula is C15H15BrO3S. The third-order valence-electron chi connectivity index (χ3n) is 3.03. The predicted octanol–water partition coefficient (Wildman–Crippen LogP) is 3.56. The van der Waals surface area contributed by atoms with Crippen LogP contribution in [0.25, 0.3) is 0 Å². The molecule has 0 amide bonds. The number of halogens is 1. The molecule has 0 aromatic heterocycles. The molecule has 0 aliphatic heterocycles. The molecule has 0 radical (unpaired) electrons. The van der Waals surface area contributed by atoms with Gasteiger partial charge in [-0.3, -0.25) is 0 Å². The summed E-state index contributed by atoms with van der Waals surface area (Å²) in [6.07, 6.45) is 0. The van der Waals surface area contributed by atoms with Crippen LogP contribution in [0.5, 0.6) is 5.75 Å². The lowest BCUT2D eigenvalue weighted by molar-refractivity contribution is 0.410. The number of benzene rings is 2. The molecule has 106 valence electrons. The number of hydrogen-bond donors (Lipinski definition) is 0. The Kier molecular flexibility index (Phi) is 4.83. The summed E-state index contributed by atoms with van der Waals surface area (Å²) in [6, 6.07) is 14.0. The minimum atomic E-state index is -3.38. The van der Waals surface area contributed by atoms with E-state index < -0.39 is 9.84 Å². The largest absolute Gasteiger partial charge is 0.496 e. The molecule has 0 saturated heterocycles. The summed E-state index contributed by atoms with van der Waals surface area (Å²) in [5.74, 6) is 0.531. The van der Waals surface area contributed by atoms with Gasteiger partial charge in [-0.15, -0.1) is 0 Å². The highest BCUT2D eigenvalue weighted by Gasteiger charge is 2.19. The molecule has 3 nitrogen and oxygen atoms in total. The summed E-state index contributed by atoms with van der Waals surface area (Å²) in [7, 11) is -1.83. The van der Waals surface area contributed by atoms with Crippen LogP contribution >= 0.6 is 15.9 Å². The van der Waals surface area contributed by atoms with Crippen molar-refractivity contribution in [1.82, 2.24) is 0 Å². The second-order valence-corrected chi connectivity index (χ2v) is 6.85. The molecule has 2 aromatic carbocycles. The highest BCUT2D eigenvalue weighted by molar-refractivity contribution is 9.08. The minimum Gasteiger partial charge on any atom is -0.496 e. The molecule has 0 aliphatic rings. The van der Waals surface area contributed by atoms with Crippen LogP contribution in [0.2, 0.25) is 0 Å². The molecule has 2 aromatic rings. The van der Waals surface area contributed by atoms with E-state index in [0.29, 0.717) is 21.5 Å². The lowest BCUT2D eigenvalue weighted by Gasteiger charge is -2.13. The molecular weight excluding hydrogens is 340 g/mol. The van der Waals surface area contributed by atoms with Crippen LogP contribution in [0.15, 0.2) is 53.4 Å². The Hall–Kier alpha value is -1.33. The number of alkyl halides is 1. The van der Waals surface area contributed by atoms with Gasteiger partial charge in [-0.05, 0) is 23.8 Å². The maximum absolute atomic E-state index is 12.5. The van der Waals surface area contributed by atoms with Gasteiger partial charge in [-0.1, -0.05) is 46.3 Å². The lowest BCUT2D eigenvalue weighted by atomic mass is 10.1. The number of sulfone groups is 1. The van der Waals surface area contributed by atoms with Crippen molar-refractivity contribution in [3.05, 3.63) is 59.7 Å². The molecule has 0 atom stereocenters. The zero-order valence-corrected chi connectivity index (χ0v) is 13.4. The number of rotatable bonds is 5. The predicted molar refractivity (Wildman–Crippen MR) is 83.0 cm³/mol. The van der Waals surface area contributed by atoms with E-state index >= 15 is 0 Å². The van der Waals surface area contributed by atoms with Gasteiger partial charge in [0.05, 0.1) is 17.8 Å². The van der Waals surface area contributed by atoms with Gasteiger partial charge in [-0.2, -0.15) is 0 Å². The Balaban J connectivity index is 2.44. The Bertz CT molecular complexity index is 659. The zero-order valence-electron chi connectivity index (χ0n) is 11.0. The molecule has 0 N–H and O–H groups in total. The summed E-state index contributed by atoms with van der Waals surface area (Å²) in [5, 5.41) is 0.587. The van der Waals surface area contributed by atoms with Crippen LogP contribution in [0.1, 0.15) is 11.1 Å². The Morgan fingerprint density at radius 2 is 1.75 bits per heavy atom. The third-order valence-corrected chi connectivity index (χ3v) is 5.29. The third kappa shape index (κ3) is 3.22. The summed E-state index contributed by atoms with van der Waals surface area (Å²) in [5.41, 5.74) is 1.62. The van der Waals surface area contributed by atoms with Crippen LogP contribution in [-0.4, -0.2) is 15.5 Å². The van der Waals surface area contributed by atoms with Gasteiger partial charge in [-0.25, -0.2) is 8.42 Å². The van der Waals surface area contributed by atoms with E-state index in [1.165, 1.54) is 0 Å². The van der Waals surface area contributed by atoms with E-state index in [9.17, 15) is 8.42 Å². The summed E-state index contributed by atoms with van der Waals surface area (Å²) >= 11 is 3.39. The summed E-state index contributed by atoms with van der Waals surface area (Å²) in [6.45, 7) is 0. The van der Waals surface area contributed by atoms with Crippen molar-refractivity contribution < 1.29 is 13.2 Å². The minimum absolute atomic E-state index is 0.0675. The first kappa shape index (κ1) is 15.1. The second kappa shape index (κ2) is 6.41. The van der Waals surface area contributed by atoms with Crippen molar-refractivity contribution in [1.29, 1.82) is 0 Å². The van der Waals surface area contributed by atoms with Gasteiger partial charge in [0.2, 0.25) is 0 Å². The van der Waals surface area contributed by atoms with Gasteiger partial charge >= 0.3 is 0 Å². The van der Waals surface area contributed by atoms with Crippen LogP contribution in [0.4, 0.5) is 0 Å². The van der Waals surface area contributed by atoms with E-state index in [2.05, 4.69) is 15.9 Å². The van der Waals surface area contributed by atoms with Gasteiger partial charge in [0.25, 0.3) is 0 Å². The molecule has 0 fully saturated rings. The Morgan fingerprint density at radius 1 is 1.05 bits per heavy atom. The standard InChI is InChI=1S/C15H15BrO3S/c1-19-15-9-5-6-12(10-16)14(15)11-20(17,18)13-7-3-2-4-8-13/h2-9H,10-11H2,1H3. The van der Waals surface area contributed by atoms with Gasteiger partial charge < -0.3 is 4.74 Å². The molecule has 5 heteroatoms. The number of ether oxygens (including phenoxy) is 1. The molecule has 0 unspecified atom stereocenters.